The molecule has 5 nitrogen and oxygen atoms in total. The maximum Gasteiger partial charge on any atom is 0.240 e. The molecular formula is C17H23NO4S. The largest absolute Gasteiger partial charge is 0.494 e. The van der Waals surface area contributed by atoms with E-state index in [0.717, 1.165) is 22.9 Å². The van der Waals surface area contributed by atoms with Gasteiger partial charge in [-0.15, -0.1) is 0 Å². The van der Waals surface area contributed by atoms with Crippen LogP contribution in [0, 0.1) is 0 Å². The molecule has 0 heterocycles. The number of hydrogen-bond acceptors (Lipinski definition) is 4. The van der Waals surface area contributed by atoms with Crippen molar-refractivity contribution in [3.8, 4) is 5.75 Å². The zero-order valence-corrected chi connectivity index (χ0v) is 14.3. The lowest BCUT2D eigenvalue weighted by molar-refractivity contribution is 0.254. The number of rotatable bonds is 8. The van der Waals surface area contributed by atoms with Crippen LogP contribution in [0.2, 0.25) is 0 Å². The summed E-state index contributed by atoms with van der Waals surface area (Å²) in [5, 5.41) is 10.9. The minimum Gasteiger partial charge on any atom is -0.494 e. The van der Waals surface area contributed by atoms with Gasteiger partial charge in [-0.05, 0) is 47.9 Å². The summed E-state index contributed by atoms with van der Waals surface area (Å²) in [5.74, 6) is 0.777. The Morgan fingerprint density at radius 3 is 2.48 bits per heavy atom. The van der Waals surface area contributed by atoms with E-state index in [1.165, 1.54) is 0 Å². The third kappa shape index (κ3) is 4.43. The molecule has 0 aliphatic rings. The number of nitrogens with one attached hydrogen (secondary N) is 1. The van der Waals surface area contributed by atoms with Gasteiger partial charge in [0.25, 0.3) is 0 Å². The van der Waals surface area contributed by atoms with Crippen molar-refractivity contribution in [2.45, 2.75) is 37.6 Å². The minimum atomic E-state index is -3.64. The van der Waals surface area contributed by atoms with Crippen LogP contribution < -0.4 is 9.46 Å². The molecule has 0 saturated heterocycles. The first-order valence-electron chi connectivity index (χ1n) is 7.80. The Labute approximate surface area is 137 Å². The van der Waals surface area contributed by atoms with E-state index in [1.807, 2.05) is 32.0 Å². The summed E-state index contributed by atoms with van der Waals surface area (Å²) in [7, 11) is -3.64. The maximum absolute atomic E-state index is 12.4. The summed E-state index contributed by atoms with van der Waals surface area (Å²) in [4.78, 5) is 0.194. The molecular weight excluding hydrogens is 314 g/mol. The molecule has 1 atom stereocenters. The van der Waals surface area contributed by atoms with Gasteiger partial charge in [0, 0.05) is 6.04 Å². The van der Waals surface area contributed by atoms with Crippen LogP contribution in [0.5, 0.6) is 5.75 Å². The fourth-order valence-corrected chi connectivity index (χ4v) is 3.56. The Hall–Kier alpha value is -1.63. The topological polar surface area (TPSA) is 75.6 Å². The van der Waals surface area contributed by atoms with E-state index in [9.17, 15) is 8.42 Å². The molecule has 0 aliphatic heterocycles. The Bertz CT molecular complexity index is 754. The number of aliphatic hydroxyl groups is 1. The molecule has 0 amide bonds. The second kappa shape index (κ2) is 7.77. The third-order valence-electron chi connectivity index (χ3n) is 3.60. The third-order valence-corrected chi connectivity index (χ3v) is 5.12. The van der Waals surface area contributed by atoms with Crippen molar-refractivity contribution < 1.29 is 18.3 Å². The van der Waals surface area contributed by atoms with Crippen LogP contribution in [0.3, 0.4) is 0 Å². The molecule has 2 aromatic rings. The van der Waals surface area contributed by atoms with Crippen molar-refractivity contribution in [2.75, 3.05) is 13.2 Å². The van der Waals surface area contributed by atoms with Gasteiger partial charge in [0.1, 0.15) is 5.75 Å². The van der Waals surface area contributed by atoms with Crippen molar-refractivity contribution in [2.24, 2.45) is 0 Å². The molecule has 0 unspecified atom stereocenters. The van der Waals surface area contributed by atoms with Crippen LogP contribution in [-0.4, -0.2) is 32.8 Å². The summed E-state index contributed by atoms with van der Waals surface area (Å²) in [5.41, 5.74) is 0. The summed E-state index contributed by atoms with van der Waals surface area (Å²) in [6.45, 7) is 4.30. The van der Waals surface area contributed by atoms with Gasteiger partial charge in [0.05, 0.1) is 18.1 Å². The van der Waals surface area contributed by atoms with E-state index in [0.29, 0.717) is 13.0 Å². The van der Waals surface area contributed by atoms with Crippen molar-refractivity contribution >= 4 is 20.8 Å². The highest BCUT2D eigenvalue weighted by Crippen LogP contribution is 2.24. The molecule has 23 heavy (non-hydrogen) atoms. The zero-order valence-electron chi connectivity index (χ0n) is 13.5. The average Bonchev–Trinajstić information content (AvgIpc) is 2.57. The summed E-state index contributed by atoms with van der Waals surface area (Å²) in [6, 6.07) is 10.1. The number of ether oxygens (including phenoxy) is 1. The molecule has 0 spiro atoms. The zero-order chi connectivity index (χ0) is 16.9. The van der Waals surface area contributed by atoms with Crippen LogP contribution in [0.25, 0.3) is 10.8 Å². The predicted molar refractivity (Wildman–Crippen MR) is 91.2 cm³/mol. The molecule has 2 N–H and O–H groups in total. The Kier molecular flexibility index (Phi) is 5.98. The lowest BCUT2D eigenvalue weighted by atomic mass is 10.1. The number of hydrogen-bond donors (Lipinski definition) is 2. The average molecular weight is 337 g/mol. The SMILES string of the molecule is CCCOc1ccc2cc(S(=O)(=O)N[C@H](CC)CO)ccc2c1. The number of fused-ring (bicyclic) bond motifs is 1. The predicted octanol–water partition coefficient (Wildman–Crippen LogP) is 2.68. The molecule has 2 aromatic carbocycles. The second-order valence-electron chi connectivity index (χ2n) is 5.43. The molecule has 0 fully saturated rings. The molecule has 0 aromatic heterocycles. The standard InChI is InChI=1S/C17H23NO4S/c1-3-9-22-16-7-5-14-11-17(8-6-13(14)10-16)23(20,21)18-15(4-2)12-19/h5-8,10-11,15,18-19H,3-4,9,12H2,1-2H3/t15-/m1/s1. The van der Waals surface area contributed by atoms with Crippen molar-refractivity contribution in [3.05, 3.63) is 36.4 Å². The van der Waals surface area contributed by atoms with Crippen LogP contribution in [0.4, 0.5) is 0 Å². The van der Waals surface area contributed by atoms with E-state index in [1.54, 1.807) is 18.2 Å². The van der Waals surface area contributed by atoms with Crippen molar-refractivity contribution in [3.63, 3.8) is 0 Å². The summed E-state index contributed by atoms with van der Waals surface area (Å²) >= 11 is 0. The van der Waals surface area contributed by atoms with E-state index >= 15 is 0 Å². The Balaban J connectivity index is 2.29. The van der Waals surface area contributed by atoms with E-state index in [2.05, 4.69) is 4.72 Å². The quantitative estimate of drug-likeness (QED) is 0.776. The highest BCUT2D eigenvalue weighted by Gasteiger charge is 2.18. The van der Waals surface area contributed by atoms with E-state index < -0.39 is 16.1 Å². The van der Waals surface area contributed by atoms with Crippen LogP contribution in [0.15, 0.2) is 41.3 Å². The fourth-order valence-electron chi connectivity index (χ4n) is 2.22. The molecule has 0 bridgehead atoms. The number of sulfonamides is 1. The van der Waals surface area contributed by atoms with Gasteiger partial charge in [-0.1, -0.05) is 26.0 Å². The Morgan fingerprint density at radius 2 is 1.83 bits per heavy atom. The lowest BCUT2D eigenvalue weighted by Gasteiger charge is -2.14. The number of benzene rings is 2. The van der Waals surface area contributed by atoms with Gasteiger partial charge >= 0.3 is 0 Å². The molecule has 2 rings (SSSR count). The van der Waals surface area contributed by atoms with E-state index in [-0.39, 0.29) is 11.5 Å². The number of aliphatic hydroxyl groups excluding tert-OH is 1. The first kappa shape index (κ1) is 17.7. The fraction of sp³-hybridized carbons (Fsp3) is 0.412. The molecule has 0 aliphatic carbocycles. The molecule has 0 radical (unpaired) electrons. The maximum atomic E-state index is 12.4. The highest BCUT2D eigenvalue weighted by molar-refractivity contribution is 7.89. The summed E-state index contributed by atoms with van der Waals surface area (Å²) in [6.07, 6.45) is 1.46. The highest BCUT2D eigenvalue weighted by atomic mass is 32.2. The van der Waals surface area contributed by atoms with E-state index in [4.69, 9.17) is 9.84 Å². The molecule has 126 valence electrons. The van der Waals surface area contributed by atoms with Crippen LogP contribution in [-0.2, 0) is 10.0 Å². The van der Waals surface area contributed by atoms with Gasteiger partial charge in [0.15, 0.2) is 0 Å². The lowest BCUT2D eigenvalue weighted by Crippen LogP contribution is -2.36. The normalized spacial score (nSPS) is 13.2. The summed E-state index contributed by atoms with van der Waals surface area (Å²) < 4.78 is 32.8. The van der Waals surface area contributed by atoms with Gasteiger partial charge in [-0.25, -0.2) is 13.1 Å². The van der Waals surface area contributed by atoms with Crippen molar-refractivity contribution in [1.82, 2.24) is 4.72 Å². The van der Waals surface area contributed by atoms with Gasteiger partial charge in [-0.3, -0.25) is 0 Å². The van der Waals surface area contributed by atoms with Gasteiger partial charge < -0.3 is 9.84 Å². The first-order valence-corrected chi connectivity index (χ1v) is 9.28. The monoisotopic (exact) mass is 337 g/mol. The smallest absolute Gasteiger partial charge is 0.240 e. The minimum absolute atomic E-state index is 0.194. The van der Waals surface area contributed by atoms with Gasteiger partial charge in [-0.2, -0.15) is 0 Å². The van der Waals surface area contributed by atoms with Crippen LogP contribution >= 0.6 is 0 Å². The Morgan fingerprint density at radius 1 is 1.13 bits per heavy atom. The van der Waals surface area contributed by atoms with Crippen molar-refractivity contribution in [1.29, 1.82) is 0 Å². The molecule has 6 heteroatoms. The molecule has 0 saturated carbocycles. The second-order valence-corrected chi connectivity index (χ2v) is 7.14. The first-order chi connectivity index (χ1) is 11.0. The van der Waals surface area contributed by atoms with Gasteiger partial charge in [0.2, 0.25) is 10.0 Å². The van der Waals surface area contributed by atoms with Crippen LogP contribution in [0.1, 0.15) is 26.7 Å².